The van der Waals surface area contributed by atoms with Gasteiger partial charge in [-0.05, 0) is 24.6 Å². The minimum Gasteiger partial charge on any atom is -0.385 e. The summed E-state index contributed by atoms with van der Waals surface area (Å²) in [7, 11) is 0. The van der Waals surface area contributed by atoms with Gasteiger partial charge in [0.25, 0.3) is 0 Å². The van der Waals surface area contributed by atoms with Gasteiger partial charge in [0, 0.05) is 22.0 Å². The number of hydrogen-bond donors (Lipinski definition) is 2. The number of aryl methyl sites for hydroxylation is 1. The monoisotopic (exact) mass is 312 g/mol. The average molecular weight is 313 g/mol. The molecule has 0 saturated carbocycles. The van der Waals surface area contributed by atoms with Crippen molar-refractivity contribution >= 4 is 27.3 Å². The Morgan fingerprint density at radius 3 is 3.00 bits per heavy atom. The molecule has 0 radical (unpaired) electrons. The van der Waals surface area contributed by atoms with Crippen molar-refractivity contribution in [1.82, 2.24) is 4.98 Å². The van der Waals surface area contributed by atoms with Gasteiger partial charge in [-0.25, -0.2) is 4.98 Å². The predicted molar refractivity (Wildman–Crippen MR) is 74.0 cm³/mol. The minimum atomic E-state index is -0.674. The van der Waals surface area contributed by atoms with Crippen molar-refractivity contribution in [3.05, 3.63) is 39.3 Å². The second-order valence-corrected chi connectivity index (χ2v) is 5.56. The van der Waals surface area contributed by atoms with Crippen LogP contribution >= 0.6 is 27.3 Å². The first kappa shape index (κ1) is 12.7. The third kappa shape index (κ3) is 2.74. The number of halogens is 1. The summed E-state index contributed by atoms with van der Waals surface area (Å²) >= 11 is 4.97. The molecule has 0 aliphatic rings. The van der Waals surface area contributed by atoms with Gasteiger partial charge in [0.1, 0.15) is 11.1 Å². The topological polar surface area (TPSA) is 59.1 Å². The number of aliphatic hydroxyl groups is 1. The number of nitrogens with two attached hydrogens (primary N) is 1. The molecule has 5 heteroatoms. The molecule has 1 aromatic carbocycles. The van der Waals surface area contributed by atoms with Crippen molar-refractivity contribution in [2.24, 2.45) is 5.73 Å². The highest BCUT2D eigenvalue weighted by molar-refractivity contribution is 9.10. The van der Waals surface area contributed by atoms with Gasteiger partial charge >= 0.3 is 0 Å². The molecule has 90 valence electrons. The van der Waals surface area contributed by atoms with Crippen molar-refractivity contribution in [3.63, 3.8) is 0 Å². The third-order valence-corrected chi connectivity index (χ3v) is 3.90. The Balaban J connectivity index is 2.40. The summed E-state index contributed by atoms with van der Waals surface area (Å²) in [4.78, 5) is 4.42. The average Bonchev–Trinajstić information content (AvgIpc) is 2.80. The zero-order chi connectivity index (χ0) is 12.4. The lowest BCUT2D eigenvalue weighted by atomic mass is 10.1. The summed E-state index contributed by atoms with van der Waals surface area (Å²) in [6.45, 7) is 2.24. The van der Waals surface area contributed by atoms with E-state index in [9.17, 15) is 5.11 Å². The second-order valence-electron chi connectivity index (χ2n) is 3.79. The fourth-order valence-electron chi connectivity index (χ4n) is 1.51. The lowest BCUT2D eigenvalue weighted by Gasteiger charge is -2.04. The Morgan fingerprint density at radius 1 is 1.53 bits per heavy atom. The van der Waals surface area contributed by atoms with Crippen molar-refractivity contribution in [1.29, 1.82) is 0 Å². The molecule has 3 nitrogen and oxygen atoms in total. The van der Waals surface area contributed by atoms with Crippen LogP contribution in [-0.2, 0) is 0 Å². The van der Waals surface area contributed by atoms with E-state index in [0.717, 1.165) is 20.6 Å². The van der Waals surface area contributed by atoms with E-state index in [1.54, 1.807) is 0 Å². The van der Waals surface area contributed by atoms with Crippen LogP contribution in [0.5, 0.6) is 0 Å². The minimum absolute atomic E-state index is 0.195. The van der Waals surface area contributed by atoms with Gasteiger partial charge in [-0.15, -0.1) is 11.3 Å². The molecule has 2 rings (SSSR count). The van der Waals surface area contributed by atoms with Gasteiger partial charge in [-0.2, -0.15) is 0 Å². The fourth-order valence-corrected chi connectivity index (χ4v) is 2.82. The van der Waals surface area contributed by atoms with Crippen LogP contribution in [0.4, 0.5) is 0 Å². The Kier molecular flexibility index (Phi) is 3.93. The lowest BCUT2D eigenvalue weighted by Crippen LogP contribution is -2.11. The van der Waals surface area contributed by atoms with Crippen molar-refractivity contribution in [2.45, 2.75) is 13.0 Å². The predicted octanol–water partition coefficient (Wildman–Crippen LogP) is 2.87. The summed E-state index contributed by atoms with van der Waals surface area (Å²) in [6, 6.07) is 6.08. The normalized spacial score (nSPS) is 12.7. The number of nitrogens with zero attached hydrogens (tertiary/aromatic N) is 1. The molecule has 0 spiro atoms. The van der Waals surface area contributed by atoms with E-state index < -0.39 is 6.10 Å². The van der Waals surface area contributed by atoms with Crippen LogP contribution in [0.25, 0.3) is 10.6 Å². The maximum Gasteiger partial charge on any atom is 0.124 e. The molecule has 0 aliphatic carbocycles. The van der Waals surface area contributed by atoms with Crippen LogP contribution in [0.1, 0.15) is 17.4 Å². The van der Waals surface area contributed by atoms with Gasteiger partial charge in [-0.1, -0.05) is 22.0 Å². The van der Waals surface area contributed by atoms with Crippen LogP contribution in [0.15, 0.2) is 28.1 Å². The van der Waals surface area contributed by atoms with Gasteiger partial charge in [0.15, 0.2) is 0 Å². The summed E-state index contributed by atoms with van der Waals surface area (Å²) in [5, 5.41) is 12.4. The maximum absolute atomic E-state index is 9.62. The van der Waals surface area contributed by atoms with E-state index >= 15 is 0 Å². The Hall–Kier alpha value is -0.750. The Morgan fingerprint density at radius 2 is 2.29 bits per heavy atom. The maximum atomic E-state index is 9.62. The van der Waals surface area contributed by atoms with Crippen molar-refractivity contribution < 1.29 is 5.11 Å². The van der Waals surface area contributed by atoms with Crippen LogP contribution in [0, 0.1) is 6.92 Å². The van der Waals surface area contributed by atoms with E-state index in [-0.39, 0.29) is 6.54 Å². The number of aliphatic hydroxyl groups excluding tert-OH is 1. The highest BCUT2D eigenvalue weighted by atomic mass is 79.9. The summed E-state index contributed by atoms with van der Waals surface area (Å²) < 4.78 is 1.02. The summed E-state index contributed by atoms with van der Waals surface area (Å²) in [5.41, 5.74) is 8.30. The van der Waals surface area contributed by atoms with Gasteiger partial charge in [0.05, 0.1) is 5.69 Å². The zero-order valence-electron chi connectivity index (χ0n) is 9.35. The Bertz CT molecular complexity index is 527. The number of aromatic nitrogens is 1. The van der Waals surface area contributed by atoms with Crippen molar-refractivity contribution in [3.8, 4) is 10.6 Å². The molecule has 3 N–H and O–H groups in total. The first-order valence-electron chi connectivity index (χ1n) is 5.22. The molecule has 2 aromatic rings. The SMILES string of the molecule is Cc1ccc(Br)cc1-c1nc(C(O)CN)cs1. The van der Waals surface area contributed by atoms with Gasteiger partial charge < -0.3 is 10.8 Å². The van der Waals surface area contributed by atoms with Gasteiger partial charge in [-0.3, -0.25) is 0 Å². The standard InChI is InChI=1S/C12H13BrN2OS/c1-7-2-3-8(13)4-9(7)12-15-10(6-17-12)11(16)5-14/h2-4,6,11,16H,5,14H2,1H3. The zero-order valence-corrected chi connectivity index (χ0v) is 11.8. The second kappa shape index (κ2) is 5.27. The summed E-state index contributed by atoms with van der Waals surface area (Å²) in [5.74, 6) is 0. The quantitative estimate of drug-likeness (QED) is 0.916. The van der Waals surface area contributed by atoms with E-state index in [2.05, 4.69) is 20.9 Å². The summed E-state index contributed by atoms with van der Waals surface area (Å²) in [6.07, 6.45) is -0.674. The largest absolute Gasteiger partial charge is 0.385 e. The molecule has 1 unspecified atom stereocenters. The molecule has 0 fully saturated rings. The molecule has 1 aromatic heterocycles. The highest BCUT2D eigenvalue weighted by Crippen LogP contribution is 2.30. The van der Waals surface area contributed by atoms with Gasteiger partial charge in [0.2, 0.25) is 0 Å². The molecule has 0 bridgehead atoms. The first-order valence-corrected chi connectivity index (χ1v) is 6.89. The molecule has 1 atom stereocenters. The molecule has 17 heavy (non-hydrogen) atoms. The lowest BCUT2D eigenvalue weighted by molar-refractivity contribution is 0.182. The van der Waals surface area contributed by atoms with E-state index in [4.69, 9.17) is 5.73 Å². The van der Waals surface area contributed by atoms with Crippen molar-refractivity contribution in [2.75, 3.05) is 6.54 Å². The van der Waals surface area contributed by atoms with E-state index in [1.165, 1.54) is 11.3 Å². The molecular formula is C12H13BrN2OS. The molecule has 0 amide bonds. The molecule has 1 heterocycles. The first-order chi connectivity index (χ1) is 8.11. The third-order valence-electron chi connectivity index (χ3n) is 2.52. The number of hydrogen-bond acceptors (Lipinski definition) is 4. The van der Waals surface area contributed by atoms with E-state index in [1.807, 2.05) is 30.5 Å². The fraction of sp³-hybridized carbons (Fsp3) is 0.250. The molecule has 0 aliphatic heterocycles. The van der Waals surface area contributed by atoms with Crippen LogP contribution < -0.4 is 5.73 Å². The number of rotatable bonds is 3. The van der Waals surface area contributed by atoms with Crippen LogP contribution in [-0.4, -0.2) is 16.6 Å². The van der Waals surface area contributed by atoms with Crippen LogP contribution in [0.3, 0.4) is 0 Å². The molecular weight excluding hydrogens is 300 g/mol. The van der Waals surface area contributed by atoms with E-state index in [0.29, 0.717) is 5.69 Å². The Labute approximate surface area is 112 Å². The number of thiazole rings is 1. The number of benzene rings is 1. The smallest absolute Gasteiger partial charge is 0.124 e. The molecule has 0 saturated heterocycles. The van der Waals surface area contributed by atoms with Crippen LogP contribution in [0.2, 0.25) is 0 Å². The highest BCUT2D eigenvalue weighted by Gasteiger charge is 2.12.